The lowest BCUT2D eigenvalue weighted by molar-refractivity contribution is -0.178. The molecule has 1 fully saturated rings. The molecule has 0 radical (unpaired) electrons. The number of aliphatic hydroxyl groups is 3. The zero-order valence-electron chi connectivity index (χ0n) is 9.58. The predicted octanol–water partition coefficient (Wildman–Crippen LogP) is -0.154. The third kappa shape index (κ3) is 2.76. The van der Waals surface area contributed by atoms with Gasteiger partial charge in [0.05, 0.1) is 6.61 Å². The van der Waals surface area contributed by atoms with Gasteiger partial charge in [-0.1, -0.05) is 17.7 Å². The van der Waals surface area contributed by atoms with Crippen LogP contribution in [0.2, 0.25) is 0 Å². The SMILES string of the molecule is Cc1ccc(N[C@@H]2OC[C@H](O)[C@@H](O)[C@@H]2O)cc1. The number of nitrogens with one attached hydrogen (secondary N) is 1. The Labute approximate surface area is 99.7 Å². The Balaban J connectivity index is 2.01. The second kappa shape index (κ2) is 5.01. The van der Waals surface area contributed by atoms with Gasteiger partial charge in [0, 0.05) is 5.69 Å². The average Bonchev–Trinajstić information content (AvgIpc) is 2.33. The molecule has 0 saturated carbocycles. The normalized spacial score (nSPS) is 33.4. The highest BCUT2D eigenvalue weighted by Crippen LogP contribution is 2.18. The van der Waals surface area contributed by atoms with Crippen LogP contribution in [0.3, 0.4) is 0 Å². The Morgan fingerprint density at radius 3 is 2.41 bits per heavy atom. The average molecular weight is 239 g/mol. The molecule has 1 aromatic carbocycles. The molecule has 0 spiro atoms. The Morgan fingerprint density at radius 1 is 1.12 bits per heavy atom. The van der Waals surface area contributed by atoms with Crippen molar-refractivity contribution in [3.05, 3.63) is 29.8 Å². The number of hydrogen-bond donors (Lipinski definition) is 4. The van der Waals surface area contributed by atoms with E-state index in [1.54, 1.807) is 0 Å². The van der Waals surface area contributed by atoms with Crippen molar-refractivity contribution in [3.63, 3.8) is 0 Å². The maximum Gasteiger partial charge on any atom is 0.156 e. The van der Waals surface area contributed by atoms with E-state index in [-0.39, 0.29) is 6.61 Å². The van der Waals surface area contributed by atoms with Gasteiger partial charge in [-0.3, -0.25) is 0 Å². The lowest BCUT2D eigenvalue weighted by Crippen LogP contribution is -2.55. The van der Waals surface area contributed by atoms with Gasteiger partial charge in [-0.05, 0) is 19.1 Å². The highest BCUT2D eigenvalue weighted by molar-refractivity contribution is 5.45. The van der Waals surface area contributed by atoms with E-state index in [1.165, 1.54) is 0 Å². The molecule has 4 atom stereocenters. The van der Waals surface area contributed by atoms with Gasteiger partial charge in [0.1, 0.15) is 18.3 Å². The van der Waals surface area contributed by atoms with Crippen LogP contribution in [0.15, 0.2) is 24.3 Å². The van der Waals surface area contributed by atoms with Gasteiger partial charge in [-0.15, -0.1) is 0 Å². The first-order chi connectivity index (χ1) is 8.08. The van der Waals surface area contributed by atoms with Crippen LogP contribution < -0.4 is 5.32 Å². The summed E-state index contributed by atoms with van der Waals surface area (Å²) in [7, 11) is 0. The molecule has 94 valence electrons. The Kier molecular flexibility index (Phi) is 3.63. The van der Waals surface area contributed by atoms with E-state index >= 15 is 0 Å². The lowest BCUT2D eigenvalue weighted by atomic mass is 10.0. The highest BCUT2D eigenvalue weighted by Gasteiger charge is 2.37. The summed E-state index contributed by atoms with van der Waals surface area (Å²) in [6.07, 6.45) is -4.09. The van der Waals surface area contributed by atoms with Gasteiger partial charge in [0.2, 0.25) is 0 Å². The van der Waals surface area contributed by atoms with Crippen molar-refractivity contribution in [2.75, 3.05) is 11.9 Å². The summed E-state index contributed by atoms with van der Waals surface area (Å²) in [6.45, 7) is 1.98. The largest absolute Gasteiger partial charge is 0.388 e. The quantitative estimate of drug-likeness (QED) is 0.577. The number of aliphatic hydroxyl groups excluding tert-OH is 3. The Morgan fingerprint density at radius 2 is 1.76 bits per heavy atom. The molecule has 0 amide bonds. The Bertz CT molecular complexity index is 367. The zero-order valence-corrected chi connectivity index (χ0v) is 9.58. The van der Waals surface area contributed by atoms with Crippen molar-refractivity contribution in [3.8, 4) is 0 Å². The van der Waals surface area contributed by atoms with Crippen LogP contribution >= 0.6 is 0 Å². The first-order valence-corrected chi connectivity index (χ1v) is 5.57. The maximum absolute atomic E-state index is 9.73. The van der Waals surface area contributed by atoms with Gasteiger partial charge in [-0.25, -0.2) is 0 Å². The van der Waals surface area contributed by atoms with Crippen LogP contribution in [0.4, 0.5) is 5.69 Å². The minimum Gasteiger partial charge on any atom is -0.388 e. The second-order valence-electron chi connectivity index (χ2n) is 4.31. The van der Waals surface area contributed by atoms with Gasteiger partial charge in [-0.2, -0.15) is 0 Å². The number of anilines is 1. The minimum atomic E-state index is -1.19. The van der Waals surface area contributed by atoms with E-state index in [0.717, 1.165) is 11.3 Å². The van der Waals surface area contributed by atoms with E-state index in [1.807, 2.05) is 31.2 Å². The molecule has 0 bridgehead atoms. The van der Waals surface area contributed by atoms with Crippen molar-refractivity contribution < 1.29 is 20.1 Å². The van der Waals surface area contributed by atoms with E-state index in [2.05, 4.69) is 5.32 Å². The molecule has 2 rings (SSSR count). The fourth-order valence-corrected chi connectivity index (χ4v) is 1.75. The van der Waals surface area contributed by atoms with E-state index in [0.29, 0.717) is 0 Å². The molecule has 1 saturated heterocycles. The monoisotopic (exact) mass is 239 g/mol. The molecule has 0 aliphatic carbocycles. The topological polar surface area (TPSA) is 82.0 Å². The number of hydrogen-bond acceptors (Lipinski definition) is 5. The van der Waals surface area contributed by atoms with Crippen LogP contribution in [-0.4, -0.2) is 46.5 Å². The van der Waals surface area contributed by atoms with Gasteiger partial charge >= 0.3 is 0 Å². The molecule has 4 N–H and O–H groups in total. The third-order valence-electron chi connectivity index (χ3n) is 2.86. The van der Waals surface area contributed by atoms with Crippen LogP contribution in [0.5, 0.6) is 0 Å². The van der Waals surface area contributed by atoms with Crippen LogP contribution in [0.1, 0.15) is 5.56 Å². The first kappa shape index (κ1) is 12.3. The molecule has 1 heterocycles. The molecule has 1 aliphatic rings. The Hall–Kier alpha value is -1.14. The van der Waals surface area contributed by atoms with Crippen molar-refractivity contribution >= 4 is 5.69 Å². The predicted molar refractivity (Wildman–Crippen MR) is 62.6 cm³/mol. The number of benzene rings is 1. The fraction of sp³-hybridized carbons (Fsp3) is 0.500. The number of ether oxygens (including phenoxy) is 1. The molecule has 1 aromatic rings. The second-order valence-corrected chi connectivity index (χ2v) is 4.31. The molecule has 5 heteroatoms. The summed E-state index contributed by atoms with van der Waals surface area (Å²) in [6, 6.07) is 7.59. The van der Waals surface area contributed by atoms with Gasteiger partial charge < -0.3 is 25.4 Å². The highest BCUT2D eigenvalue weighted by atomic mass is 16.5. The summed E-state index contributed by atoms with van der Waals surface area (Å²) in [5, 5.41) is 31.5. The standard InChI is InChI=1S/C12H17NO4/c1-7-2-4-8(5-3-7)13-12-11(16)10(15)9(14)6-17-12/h2-5,9-16H,6H2,1H3/t9-,10+,11-,12+/m0/s1. The maximum atomic E-state index is 9.73. The molecule has 17 heavy (non-hydrogen) atoms. The van der Waals surface area contributed by atoms with Crippen LogP contribution in [0, 0.1) is 6.92 Å². The van der Waals surface area contributed by atoms with E-state index in [9.17, 15) is 15.3 Å². The van der Waals surface area contributed by atoms with Crippen molar-refractivity contribution in [1.82, 2.24) is 0 Å². The first-order valence-electron chi connectivity index (χ1n) is 5.57. The van der Waals surface area contributed by atoms with Crippen molar-refractivity contribution in [2.24, 2.45) is 0 Å². The molecular weight excluding hydrogens is 222 g/mol. The van der Waals surface area contributed by atoms with Gasteiger partial charge in [0.15, 0.2) is 6.23 Å². The van der Waals surface area contributed by atoms with Crippen molar-refractivity contribution in [2.45, 2.75) is 31.5 Å². The summed E-state index contributed by atoms with van der Waals surface area (Å²) in [5.74, 6) is 0. The number of aryl methyl sites for hydroxylation is 1. The number of rotatable bonds is 2. The van der Waals surface area contributed by atoms with Crippen molar-refractivity contribution in [1.29, 1.82) is 0 Å². The molecule has 5 nitrogen and oxygen atoms in total. The lowest BCUT2D eigenvalue weighted by Gasteiger charge is -2.35. The minimum absolute atomic E-state index is 0.00174. The van der Waals surface area contributed by atoms with Crippen LogP contribution in [-0.2, 0) is 4.74 Å². The molecule has 0 aromatic heterocycles. The smallest absolute Gasteiger partial charge is 0.156 e. The van der Waals surface area contributed by atoms with E-state index in [4.69, 9.17) is 4.74 Å². The third-order valence-corrected chi connectivity index (χ3v) is 2.86. The molecule has 0 unspecified atom stereocenters. The van der Waals surface area contributed by atoms with Gasteiger partial charge in [0.25, 0.3) is 0 Å². The molecular formula is C12H17NO4. The zero-order chi connectivity index (χ0) is 12.4. The summed E-state index contributed by atoms with van der Waals surface area (Å²) < 4.78 is 5.24. The summed E-state index contributed by atoms with van der Waals surface area (Å²) >= 11 is 0. The molecule has 1 aliphatic heterocycles. The fourth-order valence-electron chi connectivity index (χ4n) is 1.75. The summed E-state index contributed by atoms with van der Waals surface area (Å²) in [5.41, 5.74) is 1.93. The van der Waals surface area contributed by atoms with Crippen LogP contribution in [0.25, 0.3) is 0 Å². The summed E-state index contributed by atoms with van der Waals surface area (Å²) in [4.78, 5) is 0. The van der Waals surface area contributed by atoms with E-state index < -0.39 is 24.5 Å².